The summed E-state index contributed by atoms with van der Waals surface area (Å²) in [6, 6.07) is 0. The lowest BCUT2D eigenvalue weighted by Gasteiger charge is -2.25. The van der Waals surface area contributed by atoms with Gasteiger partial charge in [-0.05, 0) is 116 Å². The van der Waals surface area contributed by atoms with Gasteiger partial charge in [0.05, 0.1) is 34.4 Å². The van der Waals surface area contributed by atoms with E-state index in [-0.39, 0.29) is 38.6 Å². The van der Waals surface area contributed by atoms with E-state index in [2.05, 4.69) is 172 Å². The van der Waals surface area contributed by atoms with E-state index in [0.29, 0.717) is 23.9 Å². The summed E-state index contributed by atoms with van der Waals surface area (Å²) < 4.78 is 22.8. The van der Waals surface area contributed by atoms with Crippen LogP contribution >= 0.6 is 0 Å². The fourth-order valence-electron chi connectivity index (χ4n) is 8.01. The summed E-state index contributed by atoms with van der Waals surface area (Å²) in [6.07, 6.45) is 87.7. The second kappa shape index (κ2) is 61.0. The van der Waals surface area contributed by atoms with Crippen LogP contribution in [0.3, 0.4) is 0 Å². The molecule has 0 amide bonds. The van der Waals surface area contributed by atoms with Crippen molar-refractivity contribution in [2.45, 2.75) is 232 Å². The van der Waals surface area contributed by atoms with Gasteiger partial charge in [0.25, 0.3) is 6.29 Å². The van der Waals surface area contributed by atoms with E-state index in [9.17, 15) is 19.5 Å². The molecule has 0 aromatic heterocycles. The number of hydrogen-bond acceptors (Lipinski definition) is 7. The third-order valence-corrected chi connectivity index (χ3v) is 12.8. The van der Waals surface area contributed by atoms with Crippen LogP contribution in [-0.2, 0) is 33.3 Å². The molecule has 0 saturated heterocycles. The molecule has 0 heterocycles. The molecule has 0 aliphatic rings. The number of ether oxygens (including phenoxy) is 4. The van der Waals surface area contributed by atoms with Gasteiger partial charge >= 0.3 is 17.9 Å². The summed E-state index contributed by atoms with van der Waals surface area (Å²) in [5.74, 6) is -2.10. The van der Waals surface area contributed by atoms with Crippen molar-refractivity contribution in [3.05, 3.63) is 158 Å². The van der Waals surface area contributed by atoms with Crippen molar-refractivity contribution in [2.24, 2.45) is 0 Å². The van der Waals surface area contributed by atoms with Crippen LogP contribution in [-0.4, -0.2) is 87.4 Å². The molecule has 0 rings (SSSR count). The summed E-state index contributed by atoms with van der Waals surface area (Å²) in [6.45, 7) is 4.56. The van der Waals surface area contributed by atoms with Crippen LogP contribution in [0, 0.1) is 0 Å². The molecule has 9 nitrogen and oxygen atoms in total. The predicted molar refractivity (Wildman–Crippen MR) is 345 cm³/mol. The fourth-order valence-corrected chi connectivity index (χ4v) is 8.01. The van der Waals surface area contributed by atoms with Gasteiger partial charge in [-0.15, -0.1) is 0 Å². The molecule has 0 aliphatic carbocycles. The average molecular weight is 1120 g/mol. The molecule has 9 heteroatoms. The van der Waals surface area contributed by atoms with Gasteiger partial charge in [-0.3, -0.25) is 9.59 Å². The number of quaternary nitrogens is 1. The van der Waals surface area contributed by atoms with E-state index in [1.54, 1.807) is 0 Å². The Morgan fingerprint density at radius 2 is 0.679 bits per heavy atom. The van der Waals surface area contributed by atoms with Crippen LogP contribution in [0.15, 0.2) is 158 Å². The summed E-state index contributed by atoms with van der Waals surface area (Å²) in [4.78, 5) is 37.5. The molecule has 0 aromatic carbocycles. The van der Waals surface area contributed by atoms with Gasteiger partial charge in [0.2, 0.25) is 0 Å². The third-order valence-electron chi connectivity index (χ3n) is 12.8. The van der Waals surface area contributed by atoms with Gasteiger partial charge in [0.15, 0.2) is 6.10 Å². The Bertz CT molecular complexity index is 1880. The summed E-state index contributed by atoms with van der Waals surface area (Å²) in [7, 11) is 5.94. The van der Waals surface area contributed by atoms with Crippen molar-refractivity contribution in [3.63, 3.8) is 0 Å². The van der Waals surface area contributed by atoms with Crippen molar-refractivity contribution in [1.29, 1.82) is 0 Å². The van der Waals surface area contributed by atoms with Crippen LogP contribution < -0.4 is 0 Å². The quantitative estimate of drug-likeness (QED) is 0.0211. The maximum Gasteiger partial charge on any atom is 0.361 e. The van der Waals surface area contributed by atoms with Crippen LogP contribution in [0.1, 0.15) is 219 Å². The number of aliphatic carboxylic acids is 1. The summed E-state index contributed by atoms with van der Waals surface area (Å²) >= 11 is 0. The lowest BCUT2D eigenvalue weighted by molar-refractivity contribution is -0.870. The van der Waals surface area contributed by atoms with E-state index in [1.165, 1.54) is 77.0 Å². The van der Waals surface area contributed by atoms with E-state index >= 15 is 0 Å². The highest BCUT2D eigenvalue weighted by atomic mass is 16.7. The lowest BCUT2D eigenvalue weighted by atomic mass is 10.0. The molecule has 0 aliphatic heterocycles. The Labute approximate surface area is 495 Å². The van der Waals surface area contributed by atoms with Gasteiger partial charge in [-0.2, -0.15) is 0 Å². The van der Waals surface area contributed by atoms with Gasteiger partial charge in [0, 0.05) is 12.8 Å². The number of carboxylic acid groups (broad SMARTS) is 1. The van der Waals surface area contributed by atoms with Crippen molar-refractivity contribution < 1.29 is 42.9 Å². The van der Waals surface area contributed by atoms with E-state index in [1.807, 2.05) is 21.1 Å². The largest absolute Gasteiger partial charge is 0.477 e. The molecule has 0 saturated carbocycles. The molecule has 0 fully saturated rings. The van der Waals surface area contributed by atoms with Crippen molar-refractivity contribution in [3.8, 4) is 0 Å². The van der Waals surface area contributed by atoms with Crippen LogP contribution in [0.2, 0.25) is 0 Å². The number of nitrogens with zero attached hydrogens (tertiary/aromatic N) is 1. The van der Waals surface area contributed by atoms with Gasteiger partial charge in [0.1, 0.15) is 13.2 Å². The summed E-state index contributed by atoms with van der Waals surface area (Å²) in [5, 5.41) is 9.72. The number of unbranched alkanes of at least 4 members (excludes halogenated alkanes) is 15. The van der Waals surface area contributed by atoms with Crippen molar-refractivity contribution in [2.75, 3.05) is 47.5 Å². The molecular formula is C72H116NO8+. The topological polar surface area (TPSA) is 108 Å². The molecule has 81 heavy (non-hydrogen) atoms. The SMILES string of the molecule is CC/C=C\C/C=C\C/C=C\C/C=C\C/C=C\C/C=C\C/C=C\CCCC(=O)OC(COC(=O)CCCCCCCCCCCCCCCC/C=C\C/C=C\C/C=C\C/C=C\C/C=C\C/C=C\CC)COC(OCC[N+](C)(C)C)C(=O)O. The zero-order chi connectivity index (χ0) is 59.1. The number of carbonyl (C=O) groups excluding carboxylic acids is 2. The maximum atomic E-state index is 12.9. The van der Waals surface area contributed by atoms with Gasteiger partial charge in [-0.25, -0.2) is 4.79 Å². The highest BCUT2D eigenvalue weighted by Gasteiger charge is 2.25. The lowest BCUT2D eigenvalue weighted by Crippen LogP contribution is -2.40. The molecule has 2 unspecified atom stereocenters. The number of rotatable bonds is 56. The van der Waals surface area contributed by atoms with Crippen molar-refractivity contribution >= 4 is 17.9 Å². The Hall–Kier alpha value is -5.09. The molecule has 0 radical (unpaired) electrons. The van der Waals surface area contributed by atoms with E-state index in [0.717, 1.165) is 103 Å². The Balaban J connectivity index is 4.26. The zero-order valence-corrected chi connectivity index (χ0v) is 51.9. The monoisotopic (exact) mass is 1120 g/mol. The molecule has 0 spiro atoms. The molecule has 2 atom stereocenters. The van der Waals surface area contributed by atoms with Gasteiger partial charge < -0.3 is 28.5 Å². The second-order valence-corrected chi connectivity index (χ2v) is 21.6. The minimum absolute atomic E-state index is 0.168. The van der Waals surface area contributed by atoms with Gasteiger partial charge in [-0.1, -0.05) is 249 Å². The first-order chi connectivity index (χ1) is 39.6. The minimum atomic E-state index is -1.54. The van der Waals surface area contributed by atoms with Crippen LogP contribution in [0.4, 0.5) is 0 Å². The molecule has 0 aromatic rings. The Morgan fingerprint density at radius 1 is 0.370 bits per heavy atom. The maximum absolute atomic E-state index is 12.9. The third kappa shape index (κ3) is 62.4. The zero-order valence-electron chi connectivity index (χ0n) is 51.9. The number of esters is 2. The highest BCUT2D eigenvalue weighted by molar-refractivity contribution is 5.71. The highest BCUT2D eigenvalue weighted by Crippen LogP contribution is 2.15. The smallest absolute Gasteiger partial charge is 0.361 e. The van der Waals surface area contributed by atoms with Crippen LogP contribution in [0.5, 0.6) is 0 Å². The predicted octanol–water partition coefficient (Wildman–Crippen LogP) is 19.3. The number of carbonyl (C=O) groups is 3. The number of allylic oxidation sites excluding steroid dienone is 26. The first-order valence-corrected chi connectivity index (χ1v) is 31.6. The Morgan fingerprint density at radius 3 is 1.02 bits per heavy atom. The van der Waals surface area contributed by atoms with E-state index < -0.39 is 24.3 Å². The molecule has 456 valence electrons. The standard InChI is InChI=1S/C72H115NO8/c1-6-8-10-12-14-16-18-20-22-24-26-28-30-31-32-33-34-35-36-37-38-39-41-42-44-46-48-50-52-54-56-58-60-62-69(74)79-66-68(67-80-72(71(76)77)78-65-64-73(3,4)5)81-70(75)63-61-59-57-55-53-51-49-47-45-43-40-29-27-25-23-21-19-17-15-13-11-9-7-2/h8-11,14-17,20-23,26-29,31-32,34-35,43,45,49,51,55,57,68,72H,6-7,12-13,18-19,24-25,30,33,36-42,44,46-48,50,52-54,56,58-67H2,1-5H3/p+1/b10-8-,11-9-,16-14-,17-15-,22-20-,23-21-,28-26-,29-27-,32-31-,35-34-,45-43-,51-49-,57-55-. The first-order valence-electron chi connectivity index (χ1n) is 31.6. The van der Waals surface area contributed by atoms with E-state index in [4.69, 9.17) is 18.9 Å². The Kier molecular flexibility index (Phi) is 57.2. The fraction of sp³-hybridized carbons (Fsp3) is 0.597. The number of carboxylic acids is 1. The summed E-state index contributed by atoms with van der Waals surface area (Å²) in [5.41, 5.74) is 0. The molecular weight excluding hydrogens is 1010 g/mol. The molecule has 1 N–H and O–H groups in total. The second-order valence-electron chi connectivity index (χ2n) is 21.6. The number of likely N-dealkylation sites (N-methyl/N-ethyl adjacent to an activating group) is 1. The first kappa shape index (κ1) is 75.9. The number of hydrogen-bond donors (Lipinski definition) is 1. The molecule has 0 bridgehead atoms. The van der Waals surface area contributed by atoms with Crippen molar-refractivity contribution in [1.82, 2.24) is 0 Å². The van der Waals surface area contributed by atoms with Crippen LogP contribution in [0.25, 0.3) is 0 Å². The minimum Gasteiger partial charge on any atom is -0.477 e. The normalized spacial score (nSPS) is 13.8. The average Bonchev–Trinajstić information content (AvgIpc) is 3.44.